The first-order chi connectivity index (χ1) is 13.7. The van der Waals surface area contributed by atoms with Crippen molar-refractivity contribution in [1.29, 1.82) is 0 Å². The van der Waals surface area contributed by atoms with Crippen molar-refractivity contribution >= 4 is 50.3 Å². The summed E-state index contributed by atoms with van der Waals surface area (Å²) in [5.41, 5.74) is 7.67. The molecule has 1 amide bonds. The summed E-state index contributed by atoms with van der Waals surface area (Å²) in [6.45, 7) is 6.51. The minimum Gasteiger partial charge on any atom is -0.451 e. The maximum atomic E-state index is 12.3. The molecule has 0 saturated heterocycles. The molecule has 0 radical (unpaired) electrons. The van der Waals surface area contributed by atoms with Crippen LogP contribution in [0.5, 0.6) is 0 Å². The predicted molar refractivity (Wildman–Crippen MR) is 122 cm³/mol. The zero-order chi connectivity index (χ0) is 20.8. The zero-order valence-corrected chi connectivity index (χ0v) is 18.4. The number of amides is 1. The summed E-state index contributed by atoms with van der Waals surface area (Å²) in [6.07, 6.45) is 3.91. The second-order valence-electron chi connectivity index (χ2n) is 7.81. The van der Waals surface area contributed by atoms with Crippen molar-refractivity contribution in [2.45, 2.75) is 26.3 Å². The van der Waals surface area contributed by atoms with Gasteiger partial charge in [-0.2, -0.15) is 5.10 Å². The van der Waals surface area contributed by atoms with E-state index in [2.05, 4.69) is 77.4 Å². The molecule has 2 heterocycles. The molecule has 6 heteroatoms. The molecule has 4 rings (SSSR count). The molecular formula is C23H22BrN3O2. The number of furan rings is 1. The van der Waals surface area contributed by atoms with Gasteiger partial charge in [0.2, 0.25) is 0 Å². The Bertz CT molecular complexity index is 1170. The lowest BCUT2D eigenvalue weighted by Gasteiger charge is -2.40. The molecule has 5 nitrogen and oxygen atoms in total. The van der Waals surface area contributed by atoms with Crippen LogP contribution in [0, 0.1) is 0 Å². The normalized spacial score (nSPS) is 15.5. The number of benzene rings is 2. The van der Waals surface area contributed by atoms with Crippen molar-refractivity contribution in [2.75, 3.05) is 11.9 Å². The monoisotopic (exact) mass is 451 g/mol. The molecule has 0 unspecified atom stereocenters. The molecule has 29 heavy (non-hydrogen) atoms. The van der Waals surface area contributed by atoms with Gasteiger partial charge < -0.3 is 9.32 Å². The lowest BCUT2D eigenvalue weighted by Crippen LogP contribution is -2.42. The van der Waals surface area contributed by atoms with Crippen LogP contribution in [0.4, 0.5) is 5.69 Å². The van der Waals surface area contributed by atoms with Crippen molar-refractivity contribution in [3.63, 3.8) is 0 Å². The first-order valence-electron chi connectivity index (χ1n) is 9.35. The highest BCUT2D eigenvalue weighted by Gasteiger charge is 2.28. The van der Waals surface area contributed by atoms with Crippen LogP contribution >= 0.6 is 15.9 Å². The number of anilines is 1. The number of hydrogen-bond acceptors (Lipinski definition) is 4. The third-order valence-corrected chi connectivity index (χ3v) is 5.82. The molecule has 0 atom stereocenters. The molecule has 0 aliphatic carbocycles. The standard InChI is InChI=1S/C23H22BrN3O2/c1-14-12-23(2,3)27(4)19-7-5-15(9-18(14)19)13-25-26-22(28)21-11-16-10-17(24)6-8-20(16)29-21/h5-13H,1-4H3,(H,26,28)/b25-13+. The van der Waals surface area contributed by atoms with Crippen LogP contribution in [0.3, 0.4) is 0 Å². The fraction of sp³-hybridized carbons (Fsp3) is 0.217. The number of fused-ring (bicyclic) bond motifs is 2. The minimum atomic E-state index is -0.385. The Kier molecular flexibility index (Phi) is 4.82. The van der Waals surface area contributed by atoms with E-state index in [4.69, 9.17) is 4.42 Å². The molecular weight excluding hydrogens is 430 g/mol. The highest BCUT2D eigenvalue weighted by molar-refractivity contribution is 9.10. The van der Waals surface area contributed by atoms with Crippen LogP contribution in [-0.4, -0.2) is 24.7 Å². The van der Waals surface area contributed by atoms with E-state index in [0.29, 0.717) is 5.58 Å². The van der Waals surface area contributed by atoms with Gasteiger partial charge in [-0.05, 0) is 68.3 Å². The topological polar surface area (TPSA) is 57.8 Å². The second kappa shape index (κ2) is 7.19. The molecule has 1 N–H and O–H groups in total. The molecule has 0 spiro atoms. The molecule has 1 aliphatic rings. The minimum absolute atomic E-state index is 0.0250. The zero-order valence-electron chi connectivity index (χ0n) is 16.8. The van der Waals surface area contributed by atoms with E-state index >= 15 is 0 Å². The number of rotatable bonds is 3. The first kappa shape index (κ1) is 19.5. The van der Waals surface area contributed by atoms with Gasteiger partial charge in [-0.1, -0.05) is 28.1 Å². The molecule has 148 valence electrons. The lowest BCUT2D eigenvalue weighted by atomic mass is 9.89. The summed E-state index contributed by atoms with van der Waals surface area (Å²) in [5, 5.41) is 4.96. The van der Waals surface area contributed by atoms with Crippen LogP contribution in [0.2, 0.25) is 0 Å². The van der Waals surface area contributed by atoms with Crippen LogP contribution in [-0.2, 0) is 0 Å². The van der Waals surface area contributed by atoms with Gasteiger partial charge in [0.25, 0.3) is 0 Å². The number of likely N-dealkylation sites (N-methyl/N-ethyl adjacent to an activating group) is 1. The number of carbonyl (C=O) groups excluding carboxylic acids is 1. The van der Waals surface area contributed by atoms with Crippen LogP contribution in [0.1, 0.15) is 42.5 Å². The van der Waals surface area contributed by atoms with Crippen molar-refractivity contribution < 1.29 is 9.21 Å². The lowest BCUT2D eigenvalue weighted by molar-refractivity contribution is 0.0929. The largest absolute Gasteiger partial charge is 0.451 e. The molecule has 1 aliphatic heterocycles. The Morgan fingerprint density at radius 1 is 1.21 bits per heavy atom. The van der Waals surface area contributed by atoms with Gasteiger partial charge in [0.15, 0.2) is 5.76 Å². The summed E-state index contributed by atoms with van der Waals surface area (Å²) in [6, 6.07) is 13.5. The van der Waals surface area contributed by atoms with Gasteiger partial charge in [-0.25, -0.2) is 5.43 Å². The Labute approximate surface area is 178 Å². The van der Waals surface area contributed by atoms with Crippen molar-refractivity contribution in [1.82, 2.24) is 5.43 Å². The fourth-order valence-electron chi connectivity index (χ4n) is 3.60. The quantitative estimate of drug-likeness (QED) is 0.416. The number of nitrogens with zero attached hydrogens (tertiary/aromatic N) is 2. The van der Waals surface area contributed by atoms with E-state index in [0.717, 1.165) is 15.4 Å². The molecule has 0 fully saturated rings. The summed E-state index contributed by atoms with van der Waals surface area (Å²) in [5.74, 6) is -0.160. The second-order valence-corrected chi connectivity index (χ2v) is 8.72. The van der Waals surface area contributed by atoms with Crippen LogP contribution in [0.15, 0.2) is 62.5 Å². The van der Waals surface area contributed by atoms with E-state index in [1.165, 1.54) is 16.8 Å². The van der Waals surface area contributed by atoms with Crippen LogP contribution in [0.25, 0.3) is 16.5 Å². The van der Waals surface area contributed by atoms with Gasteiger partial charge in [-0.15, -0.1) is 0 Å². The smallest absolute Gasteiger partial charge is 0.307 e. The van der Waals surface area contributed by atoms with E-state index in [1.807, 2.05) is 24.3 Å². The number of halogens is 1. The number of nitrogens with one attached hydrogen (secondary N) is 1. The van der Waals surface area contributed by atoms with Crippen molar-refractivity contribution in [3.05, 3.63) is 69.9 Å². The number of allylic oxidation sites excluding steroid dienone is 1. The summed E-state index contributed by atoms with van der Waals surface area (Å²) in [4.78, 5) is 14.6. The highest BCUT2D eigenvalue weighted by atomic mass is 79.9. The molecule has 3 aromatic rings. The Balaban J connectivity index is 1.51. The molecule has 0 bridgehead atoms. The van der Waals surface area contributed by atoms with E-state index in [9.17, 15) is 4.79 Å². The van der Waals surface area contributed by atoms with Gasteiger partial charge in [0.05, 0.1) is 11.8 Å². The molecule has 2 aromatic carbocycles. The van der Waals surface area contributed by atoms with E-state index < -0.39 is 0 Å². The molecule has 0 saturated carbocycles. The first-order valence-corrected chi connectivity index (χ1v) is 10.1. The SMILES string of the molecule is CC1=CC(C)(C)N(C)c2ccc(/C=N/NC(=O)c3cc4cc(Br)ccc4o3)cc21. The molecule has 1 aromatic heterocycles. The Morgan fingerprint density at radius 3 is 2.79 bits per heavy atom. The maximum Gasteiger partial charge on any atom is 0.307 e. The Hall–Kier alpha value is -2.86. The third kappa shape index (κ3) is 3.72. The fourth-order valence-corrected chi connectivity index (χ4v) is 3.98. The number of hydrazone groups is 1. The van der Waals surface area contributed by atoms with Crippen LogP contribution < -0.4 is 10.3 Å². The Morgan fingerprint density at radius 2 is 2.00 bits per heavy atom. The number of carbonyl (C=O) groups is 1. The number of hydrogen-bond donors (Lipinski definition) is 1. The average molecular weight is 452 g/mol. The van der Waals surface area contributed by atoms with Gasteiger partial charge in [0.1, 0.15) is 5.58 Å². The van der Waals surface area contributed by atoms with Gasteiger partial charge in [-0.3, -0.25) is 4.79 Å². The summed E-state index contributed by atoms with van der Waals surface area (Å²) < 4.78 is 6.52. The van der Waals surface area contributed by atoms with E-state index in [1.54, 1.807) is 12.3 Å². The summed E-state index contributed by atoms with van der Waals surface area (Å²) >= 11 is 3.41. The van der Waals surface area contributed by atoms with Crippen molar-refractivity contribution in [3.8, 4) is 0 Å². The van der Waals surface area contributed by atoms with Gasteiger partial charge in [0, 0.05) is 28.2 Å². The predicted octanol–water partition coefficient (Wildman–Crippen LogP) is 5.59. The third-order valence-electron chi connectivity index (χ3n) is 5.32. The maximum absolute atomic E-state index is 12.3. The summed E-state index contributed by atoms with van der Waals surface area (Å²) in [7, 11) is 2.10. The van der Waals surface area contributed by atoms with Crippen molar-refractivity contribution in [2.24, 2.45) is 5.10 Å². The highest BCUT2D eigenvalue weighted by Crippen LogP contribution is 2.37. The van der Waals surface area contributed by atoms with E-state index in [-0.39, 0.29) is 17.2 Å². The van der Waals surface area contributed by atoms with Gasteiger partial charge >= 0.3 is 5.91 Å². The average Bonchev–Trinajstić information content (AvgIpc) is 3.09.